The Hall–Kier alpha value is -2.93. The lowest BCUT2D eigenvalue weighted by Gasteiger charge is -2.34. The van der Waals surface area contributed by atoms with Gasteiger partial charge in [0, 0.05) is 51.5 Å². The van der Waals surface area contributed by atoms with Crippen LogP contribution in [0.2, 0.25) is 0 Å². The van der Waals surface area contributed by atoms with E-state index in [0.29, 0.717) is 19.6 Å². The summed E-state index contributed by atoms with van der Waals surface area (Å²) in [5.74, 6) is -0.210. The first kappa shape index (κ1) is 23.2. The van der Waals surface area contributed by atoms with Gasteiger partial charge in [0.1, 0.15) is 5.82 Å². The van der Waals surface area contributed by atoms with Gasteiger partial charge in [-0.15, -0.1) is 0 Å². The number of nitrogens with zero attached hydrogens (tertiary/aromatic N) is 3. The fraction of sp³-hybridized carbons (Fsp3) is 0.462. The highest BCUT2D eigenvalue weighted by Gasteiger charge is 2.32. The molecule has 2 aliphatic rings. The van der Waals surface area contributed by atoms with Gasteiger partial charge in [-0.05, 0) is 61.6 Å². The zero-order valence-corrected chi connectivity index (χ0v) is 19.3. The molecule has 0 bridgehead atoms. The first-order chi connectivity index (χ1) is 16.0. The number of hydrogen-bond acceptors (Lipinski definition) is 3. The molecule has 2 saturated heterocycles. The normalized spacial score (nSPS) is 19.8. The summed E-state index contributed by atoms with van der Waals surface area (Å²) in [5, 5.41) is 2.97. The third kappa shape index (κ3) is 6.32. The highest BCUT2D eigenvalue weighted by molar-refractivity contribution is 5.90. The molecule has 7 heteroatoms. The summed E-state index contributed by atoms with van der Waals surface area (Å²) in [5.41, 5.74) is 2.95. The Morgan fingerprint density at radius 3 is 2.55 bits per heavy atom. The van der Waals surface area contributed by atoms with Crippen LogP contribution in [-0.4, -0.2) is 65.9 Å². The molecule has 2 aromatic carbocycles. The van der Waals surface area contributed by atoms with Crippen LogP contribution in [0.4, 0.5) is 14.9 Å². The van der Waals surface area contributed by atoms with Gasteiger partial charge in [-0.25, -0.2) is 9.18 Å². The van der Waals surface area contributed by atoms with E-state index in [9.17, 15) is 14.0 Å². The lowest BCUT2D eigenvalue weighted by molar-refractivity contribution is -0.136. The molecule has 0 saturated carbocycles. The monoisotopic (exact) mass is 452 g/mol. The van der Waals surface area contributed by atoms with Gasteiger partial charge in [-0.3, -0.25) is 9.69 Å². The minimum Gasteiger partial charge on any atom is -0.341 e. The minimum absolute atomic E-state index is 0.139. The predicted octanol–water partition coefficient (Wildman–Crippen LogP) is 4.11. The third-order valence-electron chi connectivity index (χ3n) is 6.55. The van der Waals surface area contributed by atoms with Crippen molar-refractivity contribution in [2.24, 2.45) is 5.92 Å². The molecule has 0 radical (unpaired) electrons. The van der Waals surface area contributed by atoms with Crippen LogP contribution in [0.15, 0.2) is 48.5 Å². The molecular weight excluding hydrogens is 419 g/mol. The fourth-order valence-electron chi connectivity index (χ4n) is 4.74. The zero-order chi connectivity index (χ0) is 23.2. The molecule has 0 spiro atoms. The molecule has 3 amide bonds. The summed E-state index contributed by atoms with van der Waals surface area (Å²) in [6, 6.07) is 14.2. The number of nitrogens with one attached hydrogen (secondary N) is 1. The summed E-state index contributed by atoms with van der Waals surface area (Å²) < 4.78 is 13.2. The summed E-state index contributed by atoms with van der Waals surface area (Å²) in [6.07, 6.45) is 2.57. The molecule has 33 heavy (non-hydrogen) atoms. The quantitative estimate of drug-likeness (QED) is 0.760. The Morgan fingerprint density at radius 2 is 1.76 bits per heavy atom. The van der Waals surface area contributed by atoms with E-state index in [1.54, 1.807) is 4.90 Å². The Bertz CT molecular complexity index is 965. The van der Waals surface area contributed by atoms with Crippen molar-refractivity contribution in [2.45, 2.75) is 32.7 Å². The van der Waals surface area contributed by atoms with Gasteiger partial charge < -0.3 is 15.1 Å². The second-order valence-electron chi connectivity index (χ2n) is 9.17. The van der Waals surface area contributed by atoms with E-state index < -0.39 is 0 Å². The van der Waals surface area contributed by atoms with Crippen LogP contribution in [0.25, 0.3) is 0 Å². The molecule has 2 aromatic rings. The van der Waals surface area contributed by atoms with Crippen LogP contribution in [-0.2, 0) is 11.3 Å². The van der Waals surface area contributed by atoms with Crippen molar-refractivity contribution >= 4 is 17.6 Å². The van der Waals surface area contributed by atoms with Crippen LogP contribution in [0.1, 0.15) is 30.4 Å². The van der Waals surface area contributed by atoms with E-state index in [0.717, 1.165) is 62.3 Å². The van der Waals surface area contributed by atoms with E-state index in [4.69, 9.17) is 0 Å². The smallest absolute Gasteiger partial charge is 0.321 e. The van der Waals surface area contributed by atoms with Gasteiger partial charge in [0.25, 0.3) is 0 Å². The second kappa shape index (κ2) is 10.8. The SMILES string of the molecule is Cc1cccc(NC(=O)N2CCCC(C(=O)N3CCCN(Cc4ccc(F)cc4)CC3)C2)c1. The van der Waals surface area contributed by atoms with Gasteiger partial charge in [0.15, 0.2) is 0 Å². The third-order valence-corrected chi connectivity index (χ3v) is 6.55. The van der Waals surface area contributed by atoms with Gasteiger partial charge in [0.05, 0.1) is 5.92 Å². The molecule has 1 N–H and O–H groups in total. The molecule has 2 fully saturated rings. The molecule has 1 atom stereocenters. The average Bonchev–Trinajstić information content (AvgIpc) is 3.06. The van der Waals surface area contributed by atoms with Crippen LogP contribution in [0.5, 0.6) is 0 Å². The van der Waals surface area contributed by atoms with Crippen molar-refractivity contribution in [1.29, 1.82) is 0 Å². The van der Waals surface area contributed by atoms with E-state index in [2.05, 4.69) is 10.2 Å². The number of amides is 3. The minimum atomic E-state index is -0.222. The number of aryl methyl sites for hydroxylation is 1. The Kier molecular flexibility index (Phi) is 7.60. The first-order valence-electron chi connectivity index (χ1n) is 11.9. The predicted molar refractivity (Wildman–Crippen MR) is 127 cm³/mol. The standard InChI is InChI=1S/C26H33FN4O2/c1-20-5-2-7-24(17-20)28-26(33)31-13-3-6-22(19-31)25(32)30-14-4-12-29(15-16-30)18-21-8-10-23(27)11-9-21/h2,5,7-11,17,22H,3-4,6,12-16,18-19H2,1H3,(H,28,33). The van der Waals surface area contributed by atoms with Gasteiger partial charge in [0.2, 0.25) is 5.91 Å². The average molecular weight is 453 g/mol. The summed E-state index contributed by atoms with van der Waals surface area (Å²) in [4.78, 5) is 32.1. The van der Waals surface area contributed by atoms with Crippen molar-refractivity contribution < 1.29 is 14.0 Å². The van der Waals surface area contributed by atoms with Crippen molar-refractivity contribution in [3.8, 4) is 0 Å². The van der Waals surface area contributed by atoms with Crippen molar-refractivity contribution in [3.63, 3.8) is 0 Å². The number of carbonyl (C=O) groups is 2. The van der Waals surface area contributed by atoms with Crippen molar-refractivity contribution in [2.75, 3.05) is 44.6 Å². The van der Waals surface area contributed by atoms with Crippen LogP contribution in [0, 0.1) is 18.7 Å². The fourth-order valence-corrected chi connectivity index (χ4v) is 4.74. The molecule has 6 nitrogen and oxygen atoms in total. The summed E-state index contributed by atoms with van der Waals surface area (Å²) >= 11 is 0. The molecule has 4 rings (SSSR count). The van der Waals surface area contributed by atoms with Crippen LogP contribution in [0.3, 0.4) is 0 Å². The number of piperidine rings is 1. The van der Waals surface area contributed by atoms with Crippen LogP contribution < -0.4 is 5.32 Å². The van der Waals surface area contributed by atoms with Crippen molar-refractivity contribution in [1.82, 2.24) is 14.7 Å². The molecule has 2 heterocycles. The van der Waals surface area contributed by atoms with E-state index in [1.807, 2.05) is 48.2 Å². The number of rotatable bonds is 4. The van der Waals surface area contributed by atoms with Gasteiger partial charge >= 0.3 is 6.03 Å². The molecule has 176 valence electrons. The van der Waals surface area contributed by atoms with E-state index >= 15 is 0 Å². The number of hydrogen-bond donors (Lipinski definition) is 1. The number of benzene rings is 2. The summed E-state index contributed by atoms with van der Waals surface area (Å²) in [6.45, 7) is 7.03. The highest BCUT2D eigenvalue weighted by Crippen LogP contribution is 2.21. The molecule has 0 aliphatic carbocycles. The lowest BCUT2D eigenvalue weighted by Crippen LogP contribution is -2.48. The largest absolute Gasteiger partial charge is 0.341 e. The number of urea groups is 1. The Balaban J connectivity index is 1.29. The topological polar surface area (TPSA) is 55.9 Å². The highest BCUT2D eigenvalue weighted by atomic mass is 19.1. The maximum Gasteiger partial charge on any atom is 0.321 e. The summed E-state index contributed by atoms with van der Waals surface area (Å²) in [7, 11) is 0. The maximum atomic E-state index is 13.3. The van der Waals surface area contributed by atoms with E-state index in [-0.39, 0.29) is 23.7 Å². The second-order valence-corrected chi connectivity index (χ2v) is 9.17. The maximum absolute atomic E-state index is 13.3. The molecule has 2 aliphatic heterocycles. The van der Waals surface area contributed by atoms with Gasteiger partial charge in [-0.1, -0.05) is 24.3 Å². The molecule has 0 aromatic heterocycles. The number of carbonyl (C=O) groups excluding carboxylic acids is 2. The Labute approximate surface area is 195 Å². The number of halogens is 1. The van der Waals surface area contributed by atoms with E-state index in [1.165, 1.54) is 12.1 Å². The first-order valence-corrected chi connectivity index (χ1v) is 11.9. The van der Waals surface area contributed by atoms with Crippen LogP contribution >= 0.6 is 0 Å². The van der Waals surface area contributed by atoms with Gasteiger partial charge in [-0.2, -0.15) is 0 Å². The van der Waals surface area contributed by atoms with Crippen molar-refractivity contribution in [3.05, 3.63) is 65.5 Å². The molecular formula is C26H33FN4O2. The number of anilines is 1. The Morgan fingerprint density at radius 1 is 0.970 bits per heavy atom. The molecule has 1 unspecified atom stereocenters. The zero-order valence-electron chi connectivity index (χ0n) is 19.3. The lowest BCUT2D eigenvalue weighted by atomic mass is 9.96. The number of likely N-dealkylation sites (tertiary alicyclic amines) is 1.